The van der Waals surface area contributed by atoms with Gasteiger partial charge in [0, 0.05) is 23.8 Å². The Hall–Kier alpha value is -3.20. The van der Waals surface area contributed by atoms with Gasteiger partial charge in [0.2, 0.25) is 11.8 Å². The van der Waals surface area contributed by atoms with Gasteiger partial charge >= 0.3 is 0 Å². The first kappa shape index (κ1) is 23.0. The summed E-state index contributed by atoms with van der Waals surface area (Å²) in [5.74, 6) is -0.328. The van der Waals surface area contributed by atoms with Crippen LogP contribution in [0, 0.1) is 17.2 Å². The highest BCUT2D eigenvalue weighted by Crippen LogP contribution is 2.33. The number of amides is 2. The zero-order chi connectivity index (χ0) is 23.0. The van der Waals surface area contributed by atoms with Crippen LogP contribution in [0.15, 0.2) is 48.7 Å². The molecule has 2 aliphatic rings. The molecule has 0 spiro atoms. The molecule has 0 radical (unpaired) electrons. The number of hydrogen-bond donors (Lipinski definition) is 1. The molecular formula is C27H32N4O2. The maximum Gasteiger partial charge on any atom is 0.249 e. The van der Waals surface area contributed by atoms with E-state index in [9.17, 15) is 14.9 Å². The number of nitrogens with one attached hydrogen (secondary N) is 1. The monoisotopic (exact) mass is 444 g/mol. The van der Waals surface area contributed by atoms with E-state index in [0.717, 1.165) is 57.8 Å². The molecule has 2 amide bonds. The maximum atomic E-state index is 13.9. The van der Waals surface area contributed by atoms with Crippen molar-refractivity contribution in [1.82, 2.24) is 10.3 Å². The quantitative estimate of drug-likeness (QED) is 0.675. The third-order valence-electron chi connectivity index (χ3n) is 6.89. The number of pyridine rings is 1. The average Bonchev–Trinajstić information content (AvgIpc) is 2.88. The highest BCUT2D eigenvalue weighted by molar-refractivity contribution is 6.02. The van der Waals surface area contributed by atoms with Gasteiger partial charge in [-0.3, -0.25) is 19.5 Å². The zero-order valence-electron chi connectivity index (χ0n) is 19.1. The van der Waals surface area contributed by atoms with Crippen molar-refractivity contribution < 1.29 is 9.59 Å². The van der Waals surface area contributed by atoms with E-state index in [1.54, 1.807) is 35.4 Å². The Labute approximate surface area is 196 Å². The van der Waals surface area contributed by atoms with E-state index in [1.165, 1.54) is 6.42 Å². The summed E-state index contributed by atoms with van der Waals surface area (Å²) in [7, 11) is 0. The standard InChI is InChI=1S/C27H32N4O2/c28-19-20-14-16-23(17-15-20)31(27(33)21-9-3-1-4-10-21)25(24-13-7-8-18-29-24)26(32)30-22-11-5-2-6-12-22/h7-8,13-18,21-22,25H,1-6,9-12H2,(H,30,32). The minimum atomic E-state index is -0.851. The lowest BCUT2D eigenvalue weighted by Gasteiger charge is -2.35. The van der Waals surface area contributed by atoms with Crippen LogP contribution in [-0.4, -0.2) is 22.8 Å². The van der Waals surface area contributed by atoms with Gasteiger partial charge in [0.25, 0.3) is 0 Å². The third-order valence-corrected chi connectivity index (χ3v) is 6.89. The number of nitriles is 1. The van der Waals surface area contributed by atoms with Crippen LogP contribution >= 0.6 is 0 Å². The molecule has 2 aliphatic carbocycles. The summed E-state index contributed by atoms with van der Waals surface area (Å²) >= 11 is 0. The Bertz CT molecular complexity index is 971. The van der Waals surface area contributed by atoms with Crippen molar-refractivity contribution in [3.63, 3.8) is 0 Å². The second-order valence-electron chi connectivity index (χ2n) is 9.20. The molecule has 6 heteroatoms. The van der Waals surface area contributed by atoms with Crippen molar-refractivity contribution >= 4 is 17.5 Å². The van der Waals surface area contributed by atoms with Crippen LogP contribution in [-0.2, 0) is 9.59 Å². The molecule has 1 N–H and O–H groups in total. The van der Waals surface area contributed by atoms with Crippen LogP contribution in [0.2, 0.25) is 0 Å². The maximum absolute atomic E-state index is 13.9. The Morgan fingerprint density at radius 2 is 1.61 bits per heavy atom. The lowest BCUT2D eigenvalue weighted by molar-refractivity contribution is -0.129. The smallest absolute Gasteiger partial charge is 0.249 e. The normalized spacial score (nSPS) is 18.2. The fourth-order valence-electron chi connectivity index (χ4n) is 5.09. The predicted octanol–water partition coefficient (Wildman–Crippen LogP) is 5.06. The van der Waals surface area contributed by atoms with E-state index in [0.29, 0.717) is 16.9 Å². The summed E-state index contributed by atoms with van der Waals surface area (Å²) in [6, 6.07) is 13.8. The molecule has 2 saturated carbocycles. The van der Waals surface area contributed by atoms with Gasteiger partial charge in [-0.25, -0.2) is 0 Å². The molecule has 0 bridgehead atoms. The molecule has 1 heterocycles. The molecule has 6 nitrogen and oxygen atoms in total. The number of rotatable bonds is 6. The van der Waals surface area contributed by atoms with Crippen molar-refractivity contribution in [3.8, 4) is 6.07 Å². The number of carbonyl (C=O) groups is 2. The third kappa shape index (κ3) is 5.60. The van der Waals surface area contributed by atoms with Crippen molar-refractivity contribution in [2.45, 2.75) is 76.3 Å². The van der Waals surface area contributed by atoms with Crippen LogP contribution < -0.4 is 10.2 Å². The van der Waals surface area contributed by atoms with Crippen LogP contribution in [0.1, 0.15) is 81.5 Å². The summed E-state index contributed by atoms with van der Waals surface area (Å²) in [5, 5.41) is 12.5. The van der Waals surface area contributed by atoms with E-state index in [2.05, 4.69) is 16.4 Å². The van der Waals surface area contributed by atoms with Crippen LogP contribution in [0.4, 0.5) is 5.69 Å². The second kappa shape index (κ2) is 11.1. The van der Waals surface area contributed by atoms with Crippen LogP contribution in [0.25, 0.3) is 0 Å². The van der Waals surface area contributed by atoms with E-state index in [4.69, 9.17) is 0 Å². The predicted molar refractivity (Wildman–Crippen MR) is 127 cm³/mol. The highest BCUT2D eigenvalue weighted by atomic mass is 16.2. The summed E-state index contributed by atoms with van der Waals surface area (Å²) in [6.45, 7) is 0. The van der Waals surface area contributed by atoms with Crippen molar-refractivity contribution in [1.29, 1.82) is 5.26 Å². The molecule has 1 unspecified atom stereocenters. The van der Waals surface area contributed by atoms with Crippen LogP contribution in [0.5, 0.6) is 0 Å². The number of anilines is 1. The van der Waals surface area contributed by atoms with Gasteiger partial charge in [-0.1, -0.05) is 44.6 Å². The number of carbonyl (C=O) groups excluding carboxylic acids is 2. The topological polar surface area (TPSA) is 86.1 Å². The number of nitrogens with zero attached hydrogens (tertiary/aromatic N) is 3. The van der Waals surface area contributed by atoms with Crippen molar-refractivity contribution in [3.05, 3.63) is 59.9 Å². The number of hydrogen-bond acceptors (Lipinski definition) is 4. The molecule has 4 rings (SSSR count). The first-order valence-electron chi connectivity index (χ1n) is 12.2. The lowest BCUT2D eigenvalue weighted by Crippen LogP contribution is -2.49. The van der Waals surface area contributed by atoms with Gasteiger partial charge in [-0.15, -0.1) is 0 Å². The molecule has 33 heavy (non-hydrogen) atoms. The van der Waals surface area contributed by atoms with Gasteiger partial charge < -0.3 is 5.32 Å². The van der Waals surface area contributed by atoms with Crippen molar-refractivity contribution in [2.75, 3.05) is 4.90 Å². The lowest BCUT2D eigenvalue weighted by atomic mass is 9.87. The first-order chi connectivity index (χ1) is 16.2. The van der Waals surface area contributed by atoms with E-state index in [-0.39, 0.29) is 23.8 Å². The first-order valence-corrected chi connectivity index (χ1v) is 12.2. The molecular weight excluding hydrogens is 412 g/mol. The van der Waals surface area contributed by atoms with Gasteiger partial charge in [0.05, 0.1) is 17.3 Å². The molecule has 1 aromatic carbocycles. The molecule has 172 valence electrons. The largest absolute Gasteiger partial charge is 0.351 e. The SMILES string of the molecule is N#Cc1ccc(N(C(=O)C2CCCCC2)C(C(=O)NC2CCCCC2)c2ccccn2)cc1. The molecule has 2 fully saturated rings. The molecule has 2 aromatic rings. The Balaban J connectivity index is 1.73. The molecule has 0 aliphatic heterocycles. The van der Waals surface area contributed by atoms with E-state index in [1.807, 2.05) is 18.2 Å². The summed E-state index contributed by atoms with van der Waals surface area (Å²) < 4.78 is 0. The summed E-state index contributed by atoms with van der Waals surface area (Å²) in [6.07, 6.45) is 11.9. The molecule has 1 aromatic heterocycles. The van der Waals surface area contributed by atoms with Gasteiger partial charge in [-0.05, 0) is 62.1 Å². The van der Waals surface area contributed by atoms with E-state index < -0.39 is 6.04 Å². The summed E-state index contributed by atoms with van der Waals surface area (Å²) in [4.78, 5) is 33.8. The summed E-state index contributed by atoms with van der Waals surface area (Å²) in [5.41, 5.74) is 1.70. The van der Waals surface area contributed by atoms with Gasteiger partial charge in [-0.2, -0.15) is 5.26 Å². The minimum Gasteiger partial charge on any atom is -0.351 e. The highest BCUT2D eigenvalue weighted by Gasteiger charge is 2.38. The second-order valence-corrected chi connectivity index (χ2v) is 9.20. The number of aromatic nitrogens is 1. The minimum absolute atomic E-state index is 0.0335. The van der Waals surface area contributed by atoms with Gasteiger partial charge in [0.1, 0.15) is 0 Å². The zero-order valence-corrected chi connectivity index (χ0v) is 19.1. The number of benzene rings is 1. The average molecular weight is 445 g/mol. The van der Waals surface area contributed by atoms with E-state index >= 15 is 0 Å². The van der Waals surface area contributed by atoms with Gasteiger partial charge in [0.15, 0.2) is 6.04 Å². The van der Waals surface area contributed by atoms with Crippen molar-refractivity contribution in [2.24, 2.45) is 5.92 Å². The fourth-order valence-corrected chi connectivity index (χ4v) is 5.09. The fraction of sp³-hybridized carbons (Fsp3) is 0.481. The molecule has 1 atom stereocenters. The Morgan fingerprint density at radius 3 is 2.21 bits per heavy atom. The Morgan fingerprint density at radius 1 is 0.939 bits per heavy atom. The Kier molecular flexibility index (Phi) is 7.72. The van der Waals surface area contributed by atoms with Crippen LogP contribution in [0.3, 0.4) is 0 Å². The molecule has 0 saturated heterocycles.